The zero-order valence-electron chi connectivity index (χ0n) is 8.63. The van der Waals surface area contributed by atoms with Gasteiger partial charge in [0.2, 0.25) is 5.91 Å². The van der Waals surface area contributed by atoms with Crippen LogP contribution >= 0.6 is 0 Å². The molecule has 1 amide bonds. The lowest BCUT2D eigenvalue weighted by molar-refractivity contribution is -0.146. The highest BCUT2D eigenvalue weighted by molar-refractivity contribution is 5.87. The minimum absolute atomic E-state index is 0.174. The number of carbonyl (C=O) groups excluding carboxylic acids is 1. The van der Waals surface area contributed by atoms with Crippen LogP contribution in [-0.2, 0) is 14.3 Å². The summed E-state index contributed by atoms with van der Waals surface area (Å²) in [5.74, 6) is -2.42. The number of aliphatic carboxylic acids is 1. The number of ether oxygens (including phenoxy) is 1. The van der Waals surface area contributed by atoms with Crippen molar-refractivity contribution in [3.63, 3.8) is 0 Å². The lowest BCUT2D eigenvalue weighted by Gasteiger charge is -2.20. The van der Waals surface area contributed by atoms with E-state index in [2.05, 4.69) is 5.32 Å². The summed E-state index contributed by atoms with van der Waals surface area (Å²) >= 11 is 0. The molecular formula is C11H13NO4. The van der Waals surface area contributed by atoms with E-state index in [-0.39, 0.29) is 18.1 Å². The van der Waals surface area contributed by atoms with Crippen LogP contribution in [-0.4, -0.2) is 35.2 Å². The number of hydrogen-bond acceptors (Lipinski definition) is 3. The molecule has 3 aliphatic rings. The summed E-state index contributed by atoms with van der Waals surface area (Å²) in [6.07, 6.45) is 4.75. The number of nitrogens with one attached hydrogen (secondary N) is 1. The van der Waals surface area contributed by atoms with Gasteiger partial charge in [0.15, 0.2) is 0 Å². The molecule has 2 bridgehead atoms. The van der Waals surface area contributed by atoms with Crippen molar-refractivity contribution in [1.82, 2.24) is 5.32 Å². The molecule has 0 spiro atoms. The van der Waals surface area contributed by atoms with E-state index in [4.69, 9.17) is 9.84 Å². The molecular weight excluding hydrogens is 210 g/mol. The van der Waals surface area contributed by atoms with E-state index in [9.17, 15) is 9.59 Å². The molecule has 0 unspecified atom stereocenters. The molecule has 0 aromatic carbocycles. The van der Waals surface area contributed by atoms with Crippen molar-refractivity contribution in [3.8, 4) is 0 Å². The summed E-state index contributed by atoms with van der Waals surface area (Å²) in [6.45, 7) is 0. The van der Waals surface area contributed by atoms with Crippen LogP contribution in [0.25, 0.3) is 0 Å². The third-order valence-corrected chi connectivity index (χ3v) is 3.41. The number of carbonyl (C=O) groups is 2. The number of hydrogen-bond donors (Lipinski definition) is 2. The Labute approximate surface area is 92.5 Å². The van der Waals surface area contributed by atoms with E-state index in [1.807, 2.05) is 0 Å². The minimum atomic E-state index is -0.951. The van der Waals surface area contributed by atoms with Crippen LogP contribution in [0.3, 0.4) is 0 Å². The Morgan fingerprint density at radius 1 is 1.19 bits per heavy atom. The van der Waals surface area contributed by atoms with Gasteiger partial charge in [0.1, 0.15) is 5.92 Å². The van der Waals surface area contributed by atoms with Gasteiger partial charge in [-0.05, 0) is 12.8 Å². The highest BCUT2D eigenvalue weighted by Crippen LogP contribution is 2.39. The minimum Gasteiger partial charge on any atom is -0.481 e. The molecule has 2 heterocycles. The normalized spacial score (nSPS) is 40.0. The summed E-state index contributed by atoms with van der Waals surface area (Å²) in [6, 6.07) is 0.255. The number of fused-ring (bicyclic) bond motifs is 2. The molecule has 1 aliphatic carbocycles. The summed E-state index contributed by atoms with van der Waals surface area (Å²) < 4.78 is 5.43. The molecule has 0 aromatic rings. The molecule has 4 atom stereocenters. The van der Waals surface area contributed by atoms with Gasteiger partial charge in [-0.15, -0.1) is 0 Å². The van der Waals surface area contributed by atoms with Gasteiger partial charge in [-0.1, -0.05) is 12.2 Å². The highest BCUT2D eigenvalue weighted by Gasteiger charge is 2.53. The van der Waals surface area contributed by atoms with Crippen LogP contribution in [0.4, 0.5) is 0 Å². The zero-order chi connectivity index (χ0) is 11.3. The molecule has 1 saturated carbocycles. The Balaban J connectivity index is 1.78. The van der Waals surface area contributed by atoms with Gasteiger partial charge in [0.25, 0.3) is 0 Å². The first-order chi connectivity index (χ1) is 7.66. The molecule has 5 nitrogen and oxygen atoms in total. The molecule has 2 aliphatic heterocycles. The summed E-state index contributed by atoms with van der Waals surface area (Å²) in [5.41, 5.74) is 0. The van der Waals surface area contributed by atoms with Gasteiger partial charge < -0.3 is 15.2 Å². The van der Waals surface area contributed by atoms with E-state index >= 15 is 0 Å². The first-order valence-electron chi connectivity index (χ1n) is 5.54. The maximum absolute atomic E-state index is 11.9. The predicted molar refractivity (Wildman–Crippen MR) is 53.6 cm³/mol. The molecule has 0 radical (unpaired) electrons. The standard InChI is InChI=1S/C11H13NO4/c13-10(12-5-1-2-5)8-6-3-4-7(16-6)9(8)11(14)15/h3-9H,1-2H2,(H,12,13)(H,14,15)/t6-,7+,8+,9+/m1/s1. The number of carboxylic acids is 1. The smallest absolute Gasteiger partial charge is 0.310 e. The van der Waals surface area contributed by atoms with E-state index in [1.165, 1.54) is 0 Å². The second kappa shape index (κ2) is 3.31. The first kappa shape index (κ1) is 9.84. The topological polar surface area (TPSA) is 75.6 Å². The number of rotatable bonds is 3. The molecule has 2 fully saturated rings. The van der Waals surface area contributed by atoms with Crippen LogP contribution in [0.5, 0.6) is 0 Å². The molecule has 0 aromatic heterocycles. The monoisotopic (exact) mass is 223 g/mol. The second-order valence-electron chi connectivity index (χ2n) is 4.62. The average Bonchev–Trinajstić information content (AvgIpc) is 2.81. The van der Waals surface area contributed by atoms with Gasteiger partial charge >= 0.3 is 5.97 Å². The van der Waals surface area contributed by atoms with Crippen LogP contribution in [0.1, 0.15) is 12.8 Å². The van der Waals surface area contributed by atoms with Crippen molar-refractivity contribution in [1.29, 1.82) is 0 Å². The summed E-state index contributed by atoms with van der Waals surface area (Å²) in [5, 5.41) is 12.0. The van der Waals surface area contributed by atoms with Crippen molar-refractivity contribution >= 4 is 11.9 Å². The van der Waals surface area contributed by atoms with Crippen molar-refractivity contribution in [3.05, 3.63) is 12.2 Å². The van der Waals surface area contributed by atoms with Crippen LogP contribution in [0, 0.1) is 11.8 Å². The Morgan fingerprint density at radius 3 is 2.38 bits per heavy atom. The fourth-order valence-electron chi connectivity index (χ4n) is 2.44. The second-order valence-corrected chi connectivity index (χ2v) is 4.62. The highest BCUT2D eigenvalue weighted by atomic mass is 16.5. The van der Waals surface area contributed by atoms with Crippen molar-refractivity contribution < 1.29 is 19.4 Å². The molecule has 86 valence electrons. The molecule has 1 saturated heterocycles. The molecule has 2 N–H and O–H groups in total. The van der Waals surface area contributed by atoms with E-state index in [0.29, 0.717) is 0 Å². The average molecular weight is 223 g/mol. The predicted octanol–water partition coefficient (Wildman–Crippen LogP) is -0.0808. The van der Waals surface area contributed by atoms with Crippen molar-refractivity contribution in [2.45, 2.75) is 31.1 Å². The summed E-state index contributed by atoms with van der Waals surface area (Å²) in [4.78, 5) is 23.0. The van der Waals surface area contributed by atoms with Crippen molar-refractivity contribution in [2.24, 2.45) is 11.8 Å². The number of amides is 1. The Hall–Kier alpha value is -1.36. The van der Waals surface area contributed by atoms with Crippen LogP contribution < -0.4 is 5.32 Å². The van der Waals surface area contributed by atoms with Gasteiger partial charge in [-0.2, -0.15) is 0 Å². The van der Waals surface area contributed by atoms with Gasteiger partial charge in [0.05, 0.1) is 18.1 Å². The third kappa shape index (κ3) is 1.43. The zero-order valence-corrected chi connectivity index (χ0v) is 8.63. The van der Waals surface area contributed by atoms with E-state index in [0.717, 1.165) is 12.8 Å². The SMILES string of the molecule is O=C(O)[C@@H]1[C@@H](C(=O)NC2CC2)[C@H]2C=C[C@@H]1O2. The summed E-state index contributed by atoms with van der Waals surface area (Å²) in [7, 11) is 0. The fourth-order valence-corrected chi connectivity index (χ4v) is 2.44. The van der Waals surface area contributed by atoms with Gasteiger partial charge in [-0.3, -0.25) is 9.59 Å². The largest absolute Gasteiger partial charge is 0.481 e. The van der Waals surface area contributed by atoms with Crippen LogP contribution in [0.15, 0.2) is 12.2 Å². The maximum Gasteiger partial charge on any atom is 0.310 e. The quantitative estimate of drug-likeness (QED) is 0.656. The Bertz CT molecular complexity index is 374. The number of carboxylic acid groups (broad SMARTS) is 1. The molecule has 16 heavy (non-hydrogen) atoms. The van der Waals surface area contributed by atoms with E-state index < -0.39 is 23.9 Å². The Kier molecular flexibility index (Phi) is 2.04. The van der Waals surface area contributed by atoms with Crippen molar-refractivity contribution in [2.75, 3.05) is 0 Å². The van der Waals surface area contributed by atoms with E-state index in [1.54, 1.807) is 12.2 Å². The molecule has 5 heteroatoms. The van der Waals surface area contributed by atoms with Crippen LogP contribution in [0.2, 0.25) is 0 Å². The maximum atomic E-state index is 11.9. The lowest BCUT2D eigenvalue weighted by atomic mass is 9.82. The van der Waals surface area contributed by atoms with Gasteiger partial charge in [-0.25, -0.2) is 0 Å². The van der Waals surface area contributed by atoms with Gasteiger partial charge in [0, 0.05) is 6.04 Å². The third-order valence-electron chi connectivity index (χ3n) is 3.41. The molecule has 3 rings (SSSR count). The lowest BCUT2D eigenvalue weighted by Crippen LogP contribution is -2.43. The Morgan fingerprint density at radius 2 is 1.81 bits per heavy atom. The fraction of sp³-hybridized carbons (Fsp3) is 0.636. The first-order valence-corrected chi connectivity index (χ1v) is 5.54.